The highest BCUT2D eigenvalue weighted by atomic mass is 16.3. The smallest absolute Gasteiger partial charge is 0.264 e. The minimum atomic E-state index is -1.50. The number of benzene rings is 2. The molecule has 0 radical (unpaired) electrons. The molecule has 2 aromatic rings. The Balaban J connectivity index is 2.06. The summed E-state index contributed by atoms with van der Waals surface area (Å²) in [5, 5.41) is 10.9. The van der Waals surface area contributed by atoms with Gasteiger partial charge < -0.3 is 10.0 Å². The molecule has 112 valence electrons. The Bertz CT molecular complexity index is 723. The molecule has 3 nitrogen and oxygen atoms in total. The van der Waals surface area contributed by atoms with E-state index in [1.807, 2.05) is 55.5 Å². The van der Waals surface area contributed by atoms with E-state index in [-0.39, 0.29) is 12.3 Å². The molecule has 0 aliphatic carbocycles. The number of anilines is 1. The minimum absolute atomic E-state index is 0.216. The summed E-state index contributed by atoms with van der Waals surface area (Å²) in [5.74, 6) is -0.281. The lowest BCUT2D eigenvalue weighted by Crippen LogP contribution is -2.39. The van der Waals surface area contributed by atoms with Crippen LogP contribution in [0.5, 0.6) is 0 Å². The molecule has 3 heteroatoms. The molecule has 1 aliphatic heterocycles. The highest BCUT2D eigenvalue weighted by Crippen LogP contribution is 2.43. The molecule has 0 saturated heterocycles. The average Bonchev–Trinajstić information content (AvgIpc) is 2.71. The van der Waals surface area contributed by atoms with Crippen LogP contribution in [0.3, 0.4) is 0 Å². The molecule has 2 aromatic carbocycles. The molecule has 1 heterocycles. The van der Waals surface area contributed by atoms with Gasteiger partial charge in [-0.3, -0.25) is 4.79 Å². The number of rotatable bonds is 4. The highest BCUT2D eigenvalue weighted by molar-refractivity contribution is 6.07. The number of fused-ring (bicyclic) bond motifs is 1. The number of amides is 1. The van der Waals surface area contributed by atoms with Crippen LogP contribution in [-0.2, 0) is 16.9 Å². The Hall–Kier alpha value is -2.39. The van der Waals surface area contributed by atoms with Crippen molar-refractivity contribution in [1.82, 2.24) is 0 Å². The zero-order valence-electron chi connectivity index (χ0n) is 12.6. The van der Waals surface area contributed by atoms with Crippen molar-refractivity contribution < 1.29 is 9.90 Å². The van der Waals surface area contributed by atoms with Crippen molar-refractivity contribution in [2.45, 2.75) is 25.5 Å². The Kier molecular flexibility index (Phi) is 3.59. The number of nitrogens with zero attached hydrogens (tertiary/aromatic N) is 1. The van der Waals surface area contributed by atoms with E-state index in [0.717, 1.165) is 16.8 Å². The lowest BCUT2D eigenvalue weighted by Gasteiger charge is -2.22. The monoisotopic (exact) mass is 293 g/mol. The summed E-state index contributed by atoms with van der Waals surface area (Å²) in [6.45, 7) is 6.09. The van der Waals surface area contributed by atoms with Crippen LogP contribution >= 0.6 is 0 Å². The SMILES string of the molecule is C=CC[C@]1(O)C(=O)N(Cc2ccccc2)c2ccc(C)cc21. The minimum Gasteiger partial charge on any atom is -0.375 e. The largest absolute Gasteiger partial charge is 0.375 e. The van der Waals surface area contributed by atoms with Crippen molar-refractivity contribution >= 4 is 11.6 Å². The van der Waals surface area contributed by atoms with Crippen LogP contribution in [0.4, 0.5) is 5.69 Å². The molecule has 0 saturated carbocycles. The van der Waals surface area contributed by atoms with E-state index in [2.05, 4.69) is 6.58 Å². The summed E-state index contributed by atoms with van der Waals surface area (Å²) in [4.78, 5) is 14.5. The third-order valence-electron chi connectivity index (χ3n) is 4.11. The first-order valence-electron chi connectivity index (χ1n) is 7.36. The Morgan fingerprint density at radius 3 is 2.64 bits per heavy atom. The molecule has 1 atom stereocenters. The van der Waals surface area contributed by atoms with Crippen molar-refractivity contribution in [3.8, 4) is 0 Å². The molecular weight excluding hydrogens is 274 g/mol. The lowest BCUT2D eigenvalue weighted by atomic mass is 9.91. The van der Waals surface area contributed by atoms with Crippen molar-refractivity contribution in [2.24, 2.45) is 0 Å². The van der Waals surface area contributed by atoms with Gasteiger partial charge in [-0.2, -0.15) is 0 Å². The molecule has 3 rings (SSSR count). The maximum Gasteiger partial charge on any atom is 0.264 e. The Morgan fingerprint density at radius 2 is 1.95 bits per heavy atom. The van der Waals surface area contributed by atoms with Gasteiger partial charge in [0.2, 0.25) is 0 Å². The fourth-order valence-electron chi connectivity index (χ4n) is 2.99. The second-order valence-electron chi connectivity index (χ2n) is 5.75. The fourth-order valence-corrected chi connectivity index (χ4v) is 2.99. The van der Waals surface area contributed by atoms with Gasteiger partial charge in [-0.05, 0) is 18.6 Å². The number of hydrogen-bond donors (Lipinski definition) is 1. The van der Waals surface area contributed by atoms with Crippen LogP contribution < -0.4 is 4.90 Å². The van der Waals surface area contributed by atoms with Crippen LogP contribution in [0, 0.1) is 6.92 Å². The first-order chi connectivity index (χ1) is 10.6. The molecule has 0 bridgehead atoms. The fraction of sp³-hybridized carbons (Fsp3) is 0.211. The van der Waals surface area contributed by atoms with E-state index in [0.29, 0.717) is 12.1 Å². The van der Waals surface area contributed by atoms with E-state index in [1.54, 1.807) is 11.0 Å². The van der Waals surface area contributed by atoms with Gasteiger partial charge in [0.1, 0.15) is 0 Å². The number of carbonyl (C=O) groups excluding carboxylic acids is 1. The van der Waals surface area contributed by atoms with E-state index in [1.165, 1.54) is 0 Å². The first-order valence-corrected chi connectivity index (χ1v) is 7.36. The van der Waals surface area contributed by atoms with Crippen LogP contribution in [0.15, 0.2) is 61.2 Å². The highest BCUT2D eigenvalue weighted by Gasteiger charge is 2.48. The summed E-state index contributed by atoms with van der Waals surface area (Å²) < 4.78 is 0. The van der Waals surface area contributed by atoms with Crippen LogP contribution in [0.25, 0.3) is 0 Å². The number of hydrogen-bond acceptors (Lipinski definition) is 2. The summed E-state index contributed by atoms with van der Waals surface area (Å²) in [7, 11) is 0. The molecular formula is C19H19NO2. The Labute approximate surface area is 130 Å². The van der Waals surface area contributed by atoms with Gasteiger partial charge in [-0.15, -0.1) is 6.58 Å². The number of aryl methyl sites for hydroxylation is 1. The van der Waals surface area contributed by atoms with Gasteiger partial charge in [-0.1, -0.05) is 54.1 Å². The number of carbonyl (C=O) groups is 1. The van der Waals surface area contributed by atoms with Gasteiger partial charge in [-0.25, -0.2) is 0 Å². The molecule has 0 spiro atoms. The summed E-state index contributed by atoms with van der Waals surface area (Å²) in [5.41, 5.74) is 2.01. The zero-order chi connectivity index (χ0) is 15.7. The van der Waals surface area contributed by atoms with Gasteiger partial charge >= 0.3 is 0 Å². The van der Waals surface area contributed by atoms with Gasteiger partial charge in [0, 0.05) is 12.0 Å². The van der Waals surface area contributed by atoms with Gasteiger partial charge in [0.15, 0.2) is 5.60 Å². The average molecular weight is 293 g/mol. The predicted octanol–water partition coefficient (Wildman–Crippen LogP) is 3.31. The predicted molar refractivity (Wildman–Crippen MR) is 87.5 cm³/mol. The number of aliphatic hydroxyl groups is 1. The molecule has 0 aromatic heterocycles. The van der Waals surface area contributed by atoms with Crippen LogP contribution in [0.1, 0.15) is 23.1 Å². The Morgan fingerprint density at radius 1 is 1.23 bits per heavy atom. The second kappa shape index (κ2) is 5.43. The standard InChI is InChI=1S/C19H19NO2/c1-3-11-19(22)16-12-14(2)9-10-17(16)20(18(19)21)13-15-7-5-4-6-8-15/h3-10,12,22H,1,11,13H2,2H3/t19-/m1/s1. The first kappa shape index (κ1) is 14.5. The molecule has 0 fully saturated rings. The summed E-state index contributed by atoms with van der Waals surface area (Å²) >= 11 is 0. The van der Waals surface area contributed by atoms with Crippen molar-refractivity contribution in [3.05, 3.63) is 77.9 Å². The zero-order valence-corrected chi connectivity index (χ0v) is 12.6. The lowest BCUT2D eigenvalue weighted by molar-refractivity contribution is -0.135. The molecule has 0 unspecified atom stereocenters. The van der Waals surface area contributed by atoms with E-state index < -0.39 is 5.60 Å². The van der Waals surface area contributed by atoms with Crippen molar-refractivity contribution in [2.75, 3.05) is 4.90 Å². The van der Waals surface area contributed by atoms with Crippen LogP contribution in [-0.4, -0.2) is 11.0 Å². The second-order valence-corrected chi connectivity index (χ2v) is 5.75. The van der Waals surface area contributed by atoms with Crippen molar-refractivity contribution in [3.63, 3.8) is 0 Å². The molecule has 1 amide bonds. The van der Waals surface area contributed by atoms with Gasteiger partial charge in [0.05, 0.1) is 12.2 Å². The summed E-state index contributed by atoms with van der Waals surface area (Å²) in [6.07, 6.45) is 1.81. The maximum absolute atomic E-state index is 12.8. The normalized spacial score (nSPS) is 20.1. The topological polar surface area (TPSA) is 40.5 Å². The third kappa shape index (κ3) is 2.24. The third-order valence-corrected chi connectivity index (χ3v) is 4.11. The van der Waals surface area contributed by atoms with E-state index in [4.69, 9.17) is 0 Å². The molecule has 22 heavy (non-hydrogen) atoms. The maximum atomic E-state index is 12.8. The molecule has 1 aliphatic rings. The van der Waals surface area contributed by atoms with Crippen molar-refractivity contribution in [1.29, 1.82) is 0 Å². The van der Waals surface area contributed by atoms with Crippen LogP contribution in [0.2, 0.25) is 0 Å². The van der Waals surface area contributed by atoms with E-state index in [9.17, 15) is 9.90 Å². The summed E-state index contributed by atoms with van der Waals surface area (Å²) in [6, 6.07) is 15.6. The van der Waals surface area contributed by atoms with Gasteiger partial charge in [0.25, 0.3) is 5.91 Å². The van der Waals surface area contributed by atoms with E-state index >= 15 is 0 Å². The molecule has 1 N–H and O–H groups in total. The quantitative estimate of drug-likeness (QED) is 0.879.